The number of rotatable bonds is 12. The minimum absolute atomic E-state index is 0.0163. The highest BCUT2D eigenvalue weighted by Gasteiger charge is 2.35. The van der Waals surface area contributed by atoms with E-state index in [9.17, 15) is 18.0 Å². The van der Waals surface area contributed by atoms with Gasteiger partial charge < -0.3 is 15.0 Å². The predicted molar refractivity (Wildman–Crippen MR) is 175 cm³/mol. The van der Waals surface area contributed by atoms with Crippen LogP contribution in [-0.4, -0.2) is 50.9 Å². The van der Waals surface area contributed by atoms with Crippen LogP contribution in [0.2, 0.25) is 10.0 Å². The van der Waals surface area contributed by atoms with Crippen LogP contribution in [0, 0.1) is 6.92 Å². The van der Waals surface area contributed by atoms with Crippen molar-refractivity contribution >= 4 is 50.7 Å². The number of hydrogen-bond acceptors (Lipinski definition) is 5. The van der Waals surface area contributed by atoms with Gasteiger partial charge in [-0.05, 0) is 68.1 Å². The molecule has 236 valence electrons. The minimum Gasteiger partial charge on any atom is -0.495 e. The van der Waals surface area contributed by atoms with Crippen molar-refractivity contribution in [3.8, 4) is 5.75 Å². The second kappa shape index (κ2) is 15.1. The molecule has 0 bridgehead atoms. The van der Waals surface area contributed by atoms with Gasteiger partial charge in [0.15, 0.2) is 0 Å². The highest BCUT2D eigenvalue weighted by Crippen LogP contribution is 2.32. The minimum atomic E-state index is -4.23. The summed E-state index contributed by atoms with van der Waals surface area (Å²) in [4.78, 5) is 29.5. The van der Waals surface area contributed by atoms with E-state index >= 15 is 0 Å². The van der Waals surface area contributed by atoms with Crippen molar-refractivity contribution in [3.63, 3.8) is 0 Å². The fourth-order valence-electron chi connectivity index (χ4n) is 5.45. The zero-order chi connectivity index (χ0) is 31.9. The largest absolute Gasteiger partial charge is 0.495 e. The molecule has 0 radical (unpaired) electrons. The van der Waals surface area contributed by atoms with Gasteiger partial charge in [0.05, 0.1) is 22.7 Å². The molecule has 1 aliphatic rings. The molecule has 1 N–H and O–H groups in total. The first-order valence-corrected chi connectivity index (χ1v) is 17.0. The second-order valence-corrected chi connectivity index (χ2v) is 13.7. The molecule has 0 aromatic heterocycles. The van der Waals surface area contributed by atoms with Crippen LogP contribution >= 0.6 is 23.2 Å². The molecule has 44 heavy (non-hydrogen) atoms. The van der Waals surface area contributed by atoms with Gasteiger partial charge in [0, 0.05) is 17.6 Å². The lowest BCUT2D eigenvalue weighted by molar-refractivity contribution is -0.140. The Hall–Kier alpha value is -3.27. The number of carbonyl (C=O) groups is 2. The zero-order valence-corrected chi connectivity index (χ0v) is 27.6. The molecule has 8 nitrogen and oxygen atoms in total. The van der Waals surface area contributed by atoms with E-state index < -0.39 is 28.5 Å². The number of sulfonamides is 1. The van der Waals surface area contributed by atoms with Gasteiger partial charge in [-0.25, -0.2) is 8.42 Å². The van der Waals surface area contributed by atoms with Gasteiger partial charge in [-0.2, -0.15) is 0 Å². The number of halogens is 2. The molecule has 3 aromatic carbocycles. The first-order chi connectivity index (χ1) is 21.0. The summed E-state index contributed by atoms with van der Waals surface area (Å²) in [5.74, 6) is -0.460. The number of ether oxygens (including phenoxy) is 1. The van der Waals surface area contributed by atoms with Gasteiger partial charge in [-0.3, -0.25) is 13.9 Å². The monoisotopic (exact) mass is 659 g/mol. The van der Waals surface area contributed by atoms with Crippen molar-refractivity contribution in [2.75, 3.05) is 18.0 Å². The fraction of sp³-hybridized carbons (Fsp3) is 0.394. The zero-order valence-electron chi connectivity index (χ0n) is 25.3. The van der Waals surface area contributed by atoms with E-state index in [1.165, 1.54) is 36.3 Å². The van der Waals surface area contributed by atoms with Gasteiger partial charge in [-0.1, -0.05) is 85.3 Å². The number of anilines is 1. The maximum absolute atomic E-state index is 14.3. The molecule has 0 aliphatic heterocycles. The summed E-state index contributed by atoms with van der Waals surface area (Å²) in [6.45, 7) is 3.15. The van der Waals surface area contributed by atoms with E-state index in [-0.39, 0.29) is 34.1 Å². The second-order valence-electron chi connectivity index (χ2n) is 11.0. The number of hydrogen-bond donors (Lipinski definition) is 1. The Morgan fingerprint density at radius 1 is 0.977 bits per heavy atom. The van der Waals surface area contributed by atoms with Crippen LogP contribution in [0.4, 0.5) is 5.69 Å². The SMILES string of the molecule is CC[C@@H](C(=O)NC1CCCCC1)N(Cc1ccccc1Cl)C(=O)CN(c1ccc(OC)c(Cl)c1)S(=O)(=O)c1ccc(C)cc1. The summed E-state index contributed by atoms with van der Waals surface area (Å²) in [6.07, 6.45) is 5.33. The lowest BCUT2D eigenvalue weighted by Crippen LogP contribution is -2.54. The Bertz CT molecular complexity index is 1560. The Morgan fingerprint density at radius 3 is 2.27 bits per heavy atom. The van der Waals surface area contributed by atoms with E-state index in [0.717, 1.165) is 42.0 Å². The van der Waals surface area contributed by atoms with E-state index in [2.05, 4.69) is 5.32 Å². The Kier molecular flexibility index (Phi) is 11.6. The molecule has 1 fully saturated rings. The molecule has 11 heteroatoms. The van der Waals surface area contributed by atoms with Crippen molar-refractivity contribution in [3.05, 3.63) is 87.9 Å². The van der Waals surface area contributed by atoms with Crippen LogP contribution in [0.5, 0.6) is 5.75 Å². The standard InChI is InChI=1S/C33H39Cl2N3O5S/c1-4-30(33(40)36-25-11-6-5-7-12-25)37(21-24-10-8-9-13-28(24)34)32(39)22-38(26-16-19-31(43-3)29(35)20-26)44(41,42)27-17-14-23(2)15-18-27/h8-10,13-20,25,30H,4-7,11-12,21-22H2,1-3H3,(H,36,40)/t30-/m0/s1. The fourth-order valence-corrected chi connectivity index (χ4v) is 7.30. The van der Waals surface area contributed by atoms with Crippen LogP contribution in [0.1, 0.15) is 56.6 Å². The summed E-state index contributed by atoms with van der Waals surface area (Å²) < 4.78 is 34.5. The normalized spacial score (nSPS) is 14.5. The van der Waals surface area contributed by atoms with Gasteiger partial charge in [0.2, 0.25) is 11.8 Å². The molecule has 2 amide bonds. The number of nitrogens with one attached hydrogen (secondary N) is 1. The van der Waals surface area contributed by atoms with Gasteiger partial charge in [0.1, 0.15) is 18.3 Å². The molecule has 0 unspecified atom stereocenters. The summed E-state index contributed by atoms with van der Waals surface area (Å²) in [5, 5.41) is 3.77. The van der Waals surface area contributed by atoms with Gasteiger partial charge in [-0.15, -0.1) is 0 Å². The number of benzene rings is 3. The molecule has 1 saturated carbocycles. The number of methoxy groups -OCH3 is 1. The molecule has 0 heterocycles. The van der Waals surface area contributed by atoms with Crippen LogP contribution < -0.4 is 14.4 Å². The van der Waals surface area contributed by atoms with Gasteiger partial charge in [0.25, 0.3) is 10.0 Å². The van der Waals surface area contributed by atoms with Crippen molar-refractivity contribution in [2.45, 2.75) is 75.9 Å². The van der Waals surface area contributed by atoms with Crippen LogP contribution in [0.15, 0.2) is 71.6 Å². The van der Waals surface area contributed by atoms with Crippen molar-refractivity contribution in [1.82, 2.24) is 10.2 Å². The molecular formula is C33H39Cl2N3O5S. The third-order valence-corrected chi connectivity index (χ3v) is 10.4. The third kappa shape index (κ3) is 8.06. The summed E-state index contributed by atoms with van der Waals surface area (Å²) in [7, 11) is -2.77. The molecule has 0 spiro atoms. The van der Waals surface area contributed by atoms with Crippen molar-refractivity contribution < 1.29 is 22.7 Å². The Labute approximate surface area is 270 Å². The molecule has 1 aliphatic carbocycles. The van der Waals surface area contributed by atoms with E-state index in [4.69, 9.17) is 27.9 Å². The molecule has 3 aromatic rings. The van der Waals surface area contributed by atoms with E-state index in [1.807, 2.05) is 13.8 Å². The average molecular weight is 661 g/mol. The molecular weight excluding hydrogens is 621 g/mol. The first-order valence-electron chi connectivity index (χ1n) is 14.8. The van der Waals surface area contributed by atoms with Crippen molar-refractivity contribution in [2.24, 2.45) is 0 Å². The molecule has 0 saturated heterocycles. The topological polar surface area (TPSA) is 96.0 Å². The summed E-state index contributed by atoms with van der Waals surface area (Å²) >= 11 is 12.9. The van der Waals surface area contributed by atoms with Crippen molar-refractivity contribution in [1.29, 1.82) is 0 Å². The highest BCUT2D eigenvalue weighted by atomic mass is 35.5. The third-order valence-electron chi connectivity index (χ3n) is 7.95. The van der Waals surface area contributed by atoms with Gasteiger partial charge >= 0.3 is 0 Å². The first kappa shape index (κ1) is 33.6. The molecule has 1 atom stereocenters. The number of carbonyl (C=O) groups excluding carboxylic acids is 2. The number of aryl methyl sites for hydroxylation is 1. The average Bonchev–Trinajstić information content (AvgIpc) is 3.01. The van der Waals surface area contributed by atoms with E-state index in [1.54, 1.807) is 42.5 Å². The van der Waals surface area contributed by atoms with Crippen LogP contribution in [0.3, 0.4) is 0 Å². The lowest BCUT2D eigenvalue weighted by Gasteiger charge is -2.34. The smallest absolute Gasteiger partial charge is 0.264 e. The number of amides is 2. The Morgan fingerprint density at radius 2 is 1.66 bits per heavy atom. The van der Waals surface area contributed by atoms with Crippen LogP contribution in [-0.2, 0) is 26.2 Å². The lowest BCUT2D eigenvalue weighted by atomic mass is 9.95. The van der Waals surface area contributed by atoms with E-state index in [0.29, 0.717) is 22.8 Å². The molecule has 4 rings (SSSR count). The van der Waals surface area contributed by atoms with Crippen LogP contribution in [0.25, 0.3) is 0 Å². The maximum Gasteiger partial charge on any atom is 0.264 e. The maximum atomic E-state index is 14.3. The highest BCUT2D eigenvalue weighted by molar-refractivity contribution is 7.92. The summed E-state index contributed by atoms with van der Waals surface area (Å²) in [5.41, 5.74) is 1.72. The summed E-state index contributed by atoms with van der Waals surface area (Å²) in [6, 6.07) is 17.2. The quantitative estimate of drug-likeness (QED) is 0.232. The predicted octanol–water partition coefficient (Wildman–Crippen LogP) is 6.76. The number of nitrogens with zero attached hydrogens (tertiary/aromatic N) is 2. The Balaban J connectivity index is 1.74.